The van der Waals surface area contributed by atoms with Crippen molar-refractivity contribution in [1.29, 1.82) is 0 Å². The SMILES string of the molecule is CCCN1CCCC(NCc2c(Cl)cccc2OC)CC1. The summed E-state index contributed by atoms with van der Waals surface area (Å²) in [4.78, 5) is 2.58. The molecule has 2 rings (SSSR count). The Kier molecular flexibility index (Phi) is 6.81. The highest BCUT2D eigenvalue weighted by Gasteiger charge is 2.17. The third-order valence-electron chi connectivity index (χ3n) is 4.22. The van der Waals surface area contributed by atoms with E-state index in [1.54, 1.807) is 7.11 Å². The Balaban J connectivity index is 1.88. The van der Waals surface area contributed by atoms with Gasteiger partial charge in [0.15, 0.2) is 0 Å². The van der Waals surface area contributed by atoms with Crippen LogP contribution in [-0.2, 0) is 6.54 Å². The van der Waals surface area contributed by atoms with Crippen LogP contribution in [0.1, 0.15) is 38.2 Å². The van der Waals surface area contributed by atoms with Gasteiger partial charge >= 0.3 is 0 Å². The fourth-order valence-corrected chi connectivity index (χ4v) is 3.28. The average Bonchev–Trinajstić information content (AvgIpc) is 2.71. The van der Waals surface area contributed by atoms with Crippen molar-refractivity contribution in [2.75, 3.05) is 26.7 Å². The molecule has 0 aliphatic carbocycles. The van der Waals surface area contributed by atoms with Crippen LogP contribution in [-0.4, -0.2) is 37.7 Å². The number of hydrogen-bond acceptors (Lipinski definition) is 3. The van der Waals surface area contributed by atoms with Gasteiger partial charge in [0, 0.05) is 23.2 Å². The predicted octanol–water partition coefficient (Wildman–Crippen LogP) is 3.70. The highest BCUT2D eigenvalue weighted by Crippen LogP contribution is 2.26. The quantitative estimate of drug-likeness (QED) is 0.867. The molecule has 1 heterocycles. The van der Waals surface area contributed by atoms with Crippen LogP contribution >= 0.6 is 11.6 Å². The number of rotatable bonds is 6. The summed E-state index contributed by atoms with van der Waals surface area (Å²) in [6, 6.07) is 6.41. The zero-order chi connectivity index (χ0) is 15.1. The van der Waals surface area contributed by atoms with E-state index in [2.05, 4.69) is 17.1 Å². The van der Waals surface area contributed by atoms with Crippen molar-refractivity contribution in [1.82, 2.24) is 10.2 Å². The number of hydrogen-bond donors (Lipinski definition) is 1. The van der Waals surface area contributed by atoms with E-state index in [1.807, 2.05) is 18.2 Å². The van der Waals surface area contributed by atoms with Crippen molar-refractivity contribution in [2.24, 2.45) is 0 Å². The van der Waals surface area contributed by atoms with E-state index in [1.165, 1.54) is 45.3 Å². The Labute approximate surface area is 133 Å². The molecule has 0 bridgehead atoms. The third-order valence-corrected chi connectivity index (χ3v) is 4.58. The van der Waals surface area contributed by atoms with E-state index in [0.29, 0.717) is 6.04 Å². The van der Waals surface area contributed by atoms with Crippen LogP contribution in [0.25, 0.3) is 0 Å². The number of methoxy groups -OCH3 is 1. The Morgan fingerprint density at radius 1 is 1.33 bits per heavy atom. The topological polar surface area (TPSA) is 24.5 Å². The summed E-state index contributed by atoms with van der Waals surface area (Å²) in [5.41, 5.74) is 1.07. The first-order valence-corrected chi connectivity index (χ1v) is 8.39. The molecular weight excluding hydrogens is 284 g/mol. The van der Waals surface area contributed by atoms with Crippen LogP contribution in [0.15, 0.2) is 18.2 Å². The minimum atomic E-state index is 0.577. The maximum Gasteiger partial charge on any atom is 0.124 e. The van der Waals surface area contributed by atoms with E-state index in [4.69, 9.17) is 16.3 Å². The average molecular weight is 311 g/mol. The number of nitrogens with one attached hydrogen (secondary N) is 1. The molecule has 0 spiro atoms. The maximum atomic E-state index is 6.29. The highest BCUT2D eigenvalue weighted by molar-refractivity contribution is 6.31. The van der Waals surface area contributed by atoms with E-state index >= 15 is 0 Å². The highest BCUT2D eigenvalue weighted by atomic mass is 35.5. The smallest absolute Gasteiger partial charge is 0.124 e. The molecular formula is C17H27ClN2O. The van der Waals surface area contributed by atoms with Gasteiger partial charge in [0.2, 0.25) is 0 Å². The van der Waals surface area contributed by atoms with Gasteiger partial charge in [0.05, 0.1) is 7.11 Å². The number of likely N-dealkylation sites (tertiary alicyclic amines) is 1. The lowest BCUT2D eigenvalue weighted by Gasteiger charge is -2.20. The molecule has 1 aliphatic rings. The predicted molar refractivity (Wildman–Crippen MR) is 89.2 cm³/mol. The molecule has 0 amide bonds. The lowest BCUT2D eigenvalue weighted by Crippen LogP contribution is -2.31. The van der Waals surface area contributed by atoms with Gasteiger partial charge in [-0.2, -0.15) is 0 Å². The van der Waals surface area contributed by atoms with Crippen molar-refractivity contribution in [3.8, 4) is 5.75 Å². The van der Waals surface area contributed by atoms with Crippen LogP contribution in [0.5, 0.6) is 5.75 Å². The zero-order valence-electron chi connectivity index (χ0n) is 13.2. The fraction of sp³-hybridized carbons (Fsp3) is 0.647. The molecule has 0 saturated carbocycles. The second-order valence-corrected chi connectivity index (χ2v) is 6.18. The van der Waals surface area contributed by atoms with Crippen LogP contribution in [0.2, 0.25) is 5.02 Å². The second kappa shape index (κ2) is 8.62. The van der Waals surface area contributed by atoms with Crippen molar-refractivity contribution in [3.63, 3.8) is 0 Å². The Hall–Kier alpha value is -0.770. The summed E-state index contributed by atoms with van der Waals surface area (Å²) < 4.78 is 5.41. The van der Waals surface area contributed by atoms with Gasteiger partial charge in [-0.05, 0) is 57.5 Å². The largest absolute Gasteiger partial charge is 0.496 e. The number of nitrogens with zero attached hydrogens (tertiary/aromatic N) is 1. The molecule has 3 nitrogen and oxygen atoms in total. The number of ether oxygens (including phenoxy) is 1. The van der Waals surface area contributed by atoms with E-state index in [9.17, 15) is 0 Å². The van der Waals surface area contributed by atoms with E-state index < -0.39 is 0 Å². The summed E-state index contributed by atoms with van der Waals surface area (Å²) in [6.07, 6.45) is 4.98. The molecule has 1 saturated heterocycles. The monoisotopic (exact) mass is 310 g/mol. The summed E-state index contributed by atoms with van der Waals surface area (Å²) in [6.45, 7) is 6.70. The first-order valence-electron chi connectivity index (χ1n) is 8.01. The van der Waals surface area contributed by atoms with Gasteiger partial charge in [0.25, 0.3) is 0 Å². The third kappa shape index (κ3) is 4.87. The molecule has 1 unspecified atom stereocenters. The summed E-state index contributed by atoms with van der Waals surface area (Å²) in [7, 11) is 1.70. The van der Waals surface area contributed by atoms with Gasteiger partial charge < -0.3 is 15.0 Å². The fourth-order valence-electron chi connectivity index (χ4n) is 3.05. The maximum absolute atomic E-state index is 6.29. The first-order chi connectivity index (χ1) is 10.2. The molecule has 21 heavy (non-hydrogen) atoms. The molecule has 4 heteroatoms. The molecule has 118 valence electrons. The summed E-state index contributed by atoms with van der Waals surface area (Å²) in [5.74, 6) is 0.872. The number of benzene rings is 1. The molecule has 1 fully saturated rings. The van der Waals surface area contributed by atoms with Crippen molar-refractivity contribution >= 4 is 11.6 Å². The van der Waals surface area contributed by atoms with E-state index in [0.717, 1.165) is 22.9 Å². The van der Waals surface area contributed by atoms with Crippen LogP contribution in [0.3, 0.4) is 0 Å². The molecule has 1 aliphatic heterocycles. The van der Waals surface area contributed by atoms with E-state index in [-0.39, 0.29) is 0 Å². The summed E-state index contributed by atoms with van der Waals surface area (Å²) >= 11 is 6.29. The normalized spacial score (nSPS) is 20.2. The zero-order valence-corrected chi connectivity index (χ0v) is 14.0. The van der Waals surface area contributed by atoms with Crippen molar-refractivity contribution in [2.45, 2.75) is 45.2 Å². The van der Waals surface area contributed by atoms with Gasteiger partial charge in [-0.3, -0.25) is 0 Å². The summed E-state index contributed by atoms with van der Waals surface area (Å²) in [5, 5.41) is 4.45. The Bertz CT molecular complexity index is 439. The van der Waals surface area contributed by atoms with Crippen molar-refractivity contribution in [3.05, 3.63) is 28.8 Å². The van der Waals surface area contributed by atoms with Crippen LogP contribution < -0.4 is 10.1 Å². The van der Waals surface area contributed by atoms with Gasteiger partial charge in [-0.25, -0.2) is 0 Å². The van der Waals surface area contributed by atoms with Gasteiger partial charge in [0.1, 0.15) is 5.75 Å². The molecule has 0 radical (unpaired) electrons. The van der Waals surface area contributed by atoms with Crippen LogP contribution in [0, 0.1) is 0 Å². The minimum Gasteiger partial charge on any atom is -0.496 e. The molecule has 1 aromatic rings. The number of halogens is 1. The first kappa shape index (κ1) is 16.6. The molecule has 0 aromatic heterocycles. The van der Waals surface area contributed by atoms with Gasteiger partial charge in [-0.1, -0.05) is 24.6 Å². The standard InChI is InChI=1S/C17H27ClN2O/c1-3-10-20-11-5-6-14(9-12-20)19-13-15-16(18)7-4-8-17(15)21-2/h4,7-8,14,19H,3,5-6,9-13H2,1-2H3. The Morgan fingerprint density at radius 2 is 2.19 bits per heavy atom. The molecule has 1 aromatic carbocycles. The van der Waals surface area contributed by atoms with Crippen LogP contribution in [0.4, 0.5) is 0 Å². The second-order valence-electron chi connectivity index (χ2n) is 5.77. The minimum absolute atomic E-state index is 0.577. The lowest BCUT2D eigenvalue weighted by atomic mass is 10.1. The molecule has 1 atom stereocenters. The Morgan fingerprint density at radius 3 is 2.95 bits per heavy atom. The lowest BCUT2D eigenvalue weighted by molar-refractivity contribution is 0.282. The molecule has 1 N–H and O–H groups in total. The van der Waals surface area contributed by atoms with Gasteiger partial charge in [-0.15, -0.1) is 0 Å². The van der Waals surface area contributed by atoms with Crippen molar-refractivity contribution < 1.29 is 4.74 Å².